The number of aryl methyl sites for hydroxylation is 1. The average molecular weight is 631 g/mol. The molecule has 1 fully saturated rings. The third-order valence-electron chi connectivity index (χ3n) is 6.95. The third kappa shape index (κ3) is 6.78. The minimum atomic E-state index is -4.63. The van der Waals surface area contributed by atoms with Crippen LogP contribution in [-0.2, 0) is 11.0 Å². The molecule has 2 aromatic carbocycles. The molecule has 3 aromatic heterocycles. The number of hydrogen-bond acceptors (Lipinski definition) is 7. The Morgan fingerprint density at radius 2 is 1.71 bits per heavy atom. The highest BCUT2D eigenvalue weighted by Crippen LogP contribution is 2.36. The van der Waals surface area contributed by atoms with Crippen molar-refractivity contribution < 1.29 is 27.5 Å². The first-order valence-corrected chi connectivity index (χ1v) is 14.7. The van der Waals surface area contributed by atoms with Crippen LogP contribution in [0.5, 0.6) is 11.6 Å². The Balaban J connectivity index is 1.12. The number of urea groups is 1. The van der Waals surface area contributed by atoms with Crippen molar-refractivity contribution in [3.05, 3.63) is 96.4 Å². The number of amides is 3. The molecule has 0 atom stereocenters. The number of benzene rings is 2. The van der Waals surface area contributed by atoms with Crippen molar-refractivity contribution in [2.45, 2.75) is 25.9 Å². The second-order valence-corrected chi connectivity index (χ2v) is 11.2. The van der Waals surface area contributed by atoms with Crippen molar-refractivity contribution in [3.63, 3.8) is 0 Å². The molecular formula is C32H25F3N6O3S. The SMILES string of the molecule is Cc1cc(NC(=O)Nc2cc(C(F)(F)F)cnc2-c2ccccc2)cnc1Oc1ccc(-c2cnc(N3CCCC3=O)s2)cc1. The molecule has 228 valence electrons. The Morgan fingerprint density at radius 1 is 0.933 bits per heavy atom. The summed E-state index contributed by atoms with van der Waals surface area (Å²) in [6.07, 6.45) is 0.625. The summed E-state index contributed by atoms with van der Waals surface area (Å²) in [5, 5.41) is 5.78. The highest BCUT2D eigenvalue weighted by molar-refractivity contribution is 7.19. The van der Waals surface area contributed by atoms with Crippen molar-refractivity contribution in [2.75, 3.05) is 22.1 Å². The molecule has 45 heavy (non-hydrogen) atoms. The molecule has 0 saturated carbocycles. The van der Waals surface area contributed by atoms with Gasteiger partial charge >= 0.3 is 12.2 Å². The first-order chi connectivity index (χ1) is 21.6. The molecule has 13 heteroatoms. The molecule has 0 spiro atoms. The number of ether oxygens (including phenoxy) is 1. The molecule has 1 aliphatic heterocycles. The Hall–Kier alpha value is -5.30. The van der Waals surface area contributed by atoms with Gasteiger partial charge in [0.25, 0.3) is 0 Å². The summed E-state index contributed by atoms with van der Waals surface area (Å²) in [6, 6.07) is 17.7. The number of nitrogens with zero attached hydrogens (tertiary/aromatic N) is 4. The van der Waals surface area contributed by atoms with Gasteiger partial charge in [-0.1, -0.05) is 41.7 Å². The van der Waals surface area contributed by atoms with E-state index in [0.29, 0.717) is 46.5 Å². The van der Waals surface area contributed by atoms with E-state index in [4.69, 9.17) is 4.74 Å². The normalized spacial score (nSPS) is 13.2. The molecule has 0 aliphatic carbocycles. The van der Waals surface area contributed by atoms with Crippen LogP contribution in [0.25, 0.3) is 21.7 Å². The molecule has 0 radical (unpaired) electrons. The van der Waals surface area contributed by atoms with Crippen LogP contribution in [0, 0.1) is 6.92 Å². The van der Waals surface area contributed by atoms with Gasteiger partial charge in [0.05, 0.1) is 33.7 Å². The Bertz CT molecular complexity index is 1860. The molecule has 5 aromatic rings. The van der Waals surface area contributed by atoms with E-state index < -0.39 is 17.8 Å². The molecule has 0 unspecified atom stereocenters. The molecule has 1 aliphatic rings. The molecule has 0 bridgehead atoms. The van der Waals surface area contributed by atoms with Gasteiger partial charge < -0.3 is 15.4 Å². The monoisotopic (exact) mass is 630 g/mol. The topological polar surface area (TPSA) is 109 Å². The van der Waals surface area contributed by atoms with E-state index in [1.807, 2.05) is 12.1 Å². The number of anilines is 3. The van der Waals surface area contributed by atoms with Gasteiger partial charge in [-0.25, -0.2) is 14.8 Å². The summed E-state index contributed by atoms with van der Waals surface area (Å²) in [6.45, 7) is 2.44. The van der Waals surface area contributed by atoms with E-state index in [2.05, 4.69) is 25.6 Å². The lowest BCUT2D eigenvalue weighted by atomic mass is 10.1. The number of aromatic nitrogens is 3. The van der Waals surface area contributed by atoms with Gasteiger partial charge in [0.1, 0.15) is 5.75 Å². The Labute approximate surface area is 259 Å². The van der Waals surface area contributed by atoms with Crippen molar-refractivity contribution in [2.24, 2.45) is 0 Å². The maximum Gasteiger partial charge on any atom is 0.417 e. The van der Waals surface area contributed by atoms with E-state index >= 15 is 0 Å². The molecule has 9 nitrogen and oxygen atoms in total. The van der Waals surface area contributed by atoms with E-state index in [1.165, 1.54) is 17.5 Å². The summed E-state index contributed by atoms with van der Waals surface area (Å²) in [5.41, 5.74) is 1.51. The zero-order valence-electron chi connectivity index (χ0n) is 23.8. The lowest BCUT2D eigenvalue weighted by molar-refractivity contribution is -0.137. The Morgan fingerprint density at radius 3 is 2.40 bits per heavy atom. The lowest BCUT2D eigenvalue weighted by Crippen LogP contribution is -2.23. The second-order valence-electron chi connectivity index (χ2n) is 10.2. The largest absolute Gasteiger partial charge is 0.439 e. The smallest absolute Gasteiger partial charge is 0.417 e. The van der Waals surface area contributed by atoms with Crippen LogP contribution >= 0.6 is 11.3 Å². The van der Waals surface area contributed by atoms with Crippen LogP contribution in [0.2, 0.25) is 0 Å². The number of carbonyl (C=O) groups excluding carboxylic acids is 2. The fourth-order valence-electron chi connectivity index (χ4n) is 4.74. The fourth-order valence-corrected chi connectivity index (χ4v) is 5.70. The van der Waals surface area contributed by atoms with Crippen molar-refractivity contribution in [3.8, 4) is 33.3 Å². The molecule has 1 saturated heterocycles. The number of thiazole rings is 1. The number of rotatable bonds is 7. The number of nitrogens with one attached hydrogen (secondary N) is 2. The fraction of sp³-hybridized carbons (Fsp3) is 0.156. The molecule has 2 N–H and O–H groups in total. The first kappa shape index (κ1) is 29.8. The van der Waals surface area contributed by atoms with Crippen LogP contribution in [-0.4, -0.2) is 33.4 Å². The summed E-state index contributed by atoms with van der Waals surface area (Å²) in [5.74, 6) is 0.946. The maximum absolute atomic E-state index is 13.4. The van der Waals surface area contributed by atoms with E-state index in [0.717, 1.165) is 29.1 Å². The minimum absolute atomic E-state index is 0.0922. The number of alkyl halides is 3. The molecule has 4 heterocycles. The highest BCUT2D eigenvalue weighted by atomic mass is 32.1. The summed E-state index contributed by atoms with van der Waals surface area (Å²) >= 11 is 1.45. The van der Waals surface area contributed by atoms with Crippen LogP contribution in [0.3, 0.4) is 0 Å². The van der Waals surface area contributed by atoms with Gasteiger partial charge in [-0.15, -0.1) is 0 Å². The first-order valence-electron chi connectivity index (χ1n) is 13.9. The van der Waals surface area contributed by atoms with Gasteiger partial charge in [-0.2, -0.15) is 13.2 Å². The average Bonchev–Trinajstić information content (AvgIpc) is 3.68. The van der Waals surface area contributed by atoms with Crippen molar-refractivity contribution >= 4 is 39.8 Å². The van der Waals surface area contributed by atoms with Crippen molar-refractivity contribution in [1.82, 2.24) is 15.0 Å². The van der Waals surface area contributed by atoms with Gasteiger partial charge in [-0.05, 0) is 55.3 Å². The quantitative estimate of drug-likeness (QED) is 0.188. The van der Waals surface area contributed by atoms with Crippen LogP contribution < -0.4 is 20.3 Å². The van der Waals surface area contributed by atoms with Gasteiger partial charge in [-0.3, -0.25) is 14.7 Å². The predicted octanol–water partition coefficient (Wildman–Crippen LogP) is 8.16. The highest BCUT2D eigenvalue weighted by Gasteiger charge is 2.32. The molecule has 6 rings (SSSR count). The third-order valence-corrected chi connectivity index (χ3v) is 8.02. The second kappa shape index (κ2) is 12.4. The summed E-state index contributed by atoms with van der Waals surface area (Å²) in [7, 11) is 0. The van der Waals surface area contributed by atoms with E-state index in [1.54, 1.807) is 66.6 Å². The zero-order valence-corrected chi connectivity index (χ0v) is 24.6. The number of hydrogen-bond donors (Lipinski definition) is 2. The minimum Gasteiger partial charge on any atom is -0.439 e. The summed E-state index contributed by atoms with van der Waals surface area (Å²) < 4.78 is 46.1. The standard InChI is InChI=1S/C32H25F3N6O3S/c1-19-14-23(39-30(43)40-25-15-22(32(33,34)35)16-36-28(25)21-6-3-2-4-7-21)17-37-29(19)44-24-11-9-20(10-12-24)26-18-38-31(45-26)41-13-5-8-27(41)42/h2-4,6-7,9-12,14-18H,5,8,13H2,1H3,(H2,39,40,43). The van der Waals surface area contributed by atoms with E-state index in [-0.39, 0.29) is 17.3 Å². The lowest BCUT2D eigenvalue weighted by Gasteiger charge is -2.15. The molecule has 3 amide bonds. The van der Waals surface area contributed by atoms with Crippen molar-refractivity contribution in [1.29, 1.82) is 0 Å². The molecular weight excluding hydrogens is 605 g/mol. The number of pyridine rings is 2. The Kier molecular flexibility index (Phi) is 8.18. The van der Waals surface area contributed by atoms with Crippen LogP contribution in [0.15, 0.2) is 85.3 Å². The summed E-state index contributed by atoms with van der Waals surface area (Å²) in [4.78, 5) is 40.2. The van der Waals surface area contributed by atoms with Gasteiger partial charge in [0, 0.05) is 36.5 Å². The van der Waals surface area contributed by atoms with Gasteiger partial charge in [0.2, 0.25) is 11.8 Å². The number of halogens is 3. The van der Waals surface area contributed by atoms with Crippen LogP contribution in [0.1, 0.15) is 24.0 Å². The zero-order chi connectivity index (χ0) is 31.6. The maximum atomic E-state index is 13.4. The van der Waals surface area contributed by atoms with E-state index in [9.17, 15) is 22.8 Å². The van der Waals surface area contributed by atoms with Gasteiger partial charge in [0.15, 0.2) is 5.13 Å². The predicted molar refractivity (Wildman–Crippen MR) is 166 cm³/mol. The van der Waals surface area contributed by atoms with Crippen LogP contribution in [0.4, 0.5) is 34.5 Å². The number of carbonyl (C=O) groups is 2.